The summed E-state index contributed by atoms with van der Waals surface area (Å²) in [5.74, 6) is -10.6. The van der Waals surface area contributed by atoms with Crippen molar-refractivity contribution in [3.63, 3.8) is 0 Å². The van der Waals surface area contributed by atoms with Crippen LogP contribution in [0.5, 0.6) is 0 Å². The zero-order valence-electron chi connectivity index (χ0n) is 58.5. The van der Waals surface area contributed by atoms with E-state index >= 15 is 0 Å². The molecule has 0 spiro atoms. The molecular weight excluding hydrogens is 1480 g/mol. The molecule has 6 unspecified atom stereocenters. The highest BCUT2D eigenvalue weighted by molar-refractivity contribution is 8.06. The predicted molar refractivity (Wildman–Crippen MR) is 372 cm³/mol. The van der Waals surface area contributed by atoms with Crippen molar-refractivity contribution >= 4 is 149 Å². The maximum Gasteiger partial charge on any atom is 0.360 e. The molecule has 6 fully saturated rings. The van der Waals surface area contributed by atoms with Crippen LogP contribution in [0.3, 0.4) is 0 Å². The molecule has 0 saturated carbocycles. The number of rotatable bonds is 18. The normalized spacial score (nSPS) is 28.4. The van der Waals surface area contributed by atoms with Crippen LogP contribution in [0, 0.1) is 17.8 Å². The standard InChI is InChI=1S/C11H18ClFO4.C10H17ClO5.C10H17ClO4.C7H10ClFO2.C6H8ClFO3.C6H10O3.C4H7ClO2.C2H4O2.CH4BOS.3CH4.H2S/c1-5-15-9(14)11(12,13)7(2)8-6-16-10(3,4)17-8;1-4-14-9(13)7(11)8(12)6-5-15-10(2,3)16-6;1-4-13-9(12)8(11)5-7-6-14-10(2,3)15-7;1-3-5-4(2)7(8,9)6(10)11-5;1-3-4(2-9)11-5(10)6(3,7)8;1-6(2)8-4-5(3-7)9-6;1-2-7-4(6)3-5;1-2(3)4;1-4(2)3;;;;/h7-8H,5-6H2,1-4H3;6-8,12H,4-5H2,1-3H3;7-8H,4-6H2,1-3H3;4-5H,3H2,1-2H3;3-4,9H,2H2,1H3;3,5H,4H2,1-2H3;2-3H2,1H3;1H3,(H,3,4);2H,1H3;3*1H4;1H2/t7-,8-,11-;6-,7?,8?;7-,8?;4-,5+,7?;3-,4+,6?;5-;;;;;;;/m110000......./s1/i;;5T;;;;;;2D;;;;/t;;5-,7+,8?;;;;;;;;;;/m..1........... The minimum absolute atomic E-state index is 0. The van der Waals surface area contributed by atoms with Crippen LogP contribution in [0.2, 0.25) is 0 Å². The first kappa shape index (κ1) is 104. The number of hydrogen-bond acceptors (Lipinski definition) is 25. The van der Waals surface area contributed by atoms with E-state index in [0.29, 0.717) is 19.6 Å². The highest BCUT2D eigenvalue weighted by Crippen LogP contribution is 2.41. The van der Waals surface area contributed by atoms with Gasteiger partial charge in [-0.3, -0.25) is 23.4 Å². The summed E-state index contributed by atoms with van der Waals surface area (Å²) in [5, 5.41) is 16.3. The van der Waals surface area contributed by atoms with Gasteiger partial charge in [-0.2, -0.15) is 13.5 Å². The van der Waals surface area contributed by atoms with Gasteiger partial charge in [0.1, 0.15) is 41.8 Å². The van der Waals surface area contributed by atoms with Crippen molar-refractivity contribution in [1.82, 2.24) is 0 Å². The molecule has 0 aliphatic carbocycles. The molecule has 6 aliphatic heterocycles. The second kappa shape index (κ2) is 51.8. The van der Waals surface area contributed by atoms with Gasteiger partial charge in [0.15, 0.2) is 34.8 Å². The first-order valence-corrected chi connectivity index (χ1v) is 33.3. The molecule has 6 heterocycles. The summed E-state index contributed by atoms with van der Waals surface area (Å²) in [6.45, 7) is 29.7. The van der Waals surface area contributed by atoms with Crippen molar-refractivity contribution in [2.75, 3.05) is 71.6 Å². The summed E-state index contributed by atoms with van der Waals surface area (Å²) in [4.78, 5) is 84.6. The number of carboxylic acid groups (broad SMARTS) is 1. The van der Waals surface area contributed by atoms with Gasteiger partial charge in [-0.25, -0.2) is 27.6 Å². The van der Waals surface area contributed by atoms with Crippen molar-refractivity contribution in [1.29, 1.82) is 1.34 Å². The number of halogens is 9. The van der Waals surface area contributed by atoms with Gasteiger partial charge in [-0.15, -0.1) is 34.8 Å². The largest absolute Gasteiger partial charge is 0.481 e. The van der Waals surface area contributed by atoms with Gasteiger partial charge in [0.05, 0.1) is 83.5 Å². The molecule has 1 radical (unpaired) electrons. The topological polar surface area (TPSA) is 344 Å². The van der Waals surface area contributed by atoms with Crippen LogP contribution in [0.25, 0.3) is 0 Å². The number of aldehydes is 1. The molecule has 0 aromatic carbocycles. The van der Waals surface area contributed by atoms with Crippen LogP contribution < -0.4 is 0 Å². The zero-order valence-corrected chi connectivity index (χ0v) is 62.8. The Morgan fingerprint density at radius 2 is 1.12 bits per heavy atom. The monoisotopic (exact) mass is 1590 g/mol. The summed E-state index contributed by atoms with van der Waals surface area (Å²) in [7, 11) is -0.142. The van der Waals surface area contributed by atoms with Gasteiger partial charge >= 0.3 is 35.8 Å². The summed E-state index contributed by atoms with van der Waals surface area (Å²) in [5.41, 5.74) is 0. The number of esters is 6. The van der Waals surface area contributed by atoms with Gasteiger partial charge in [0, 0.05) is 26.9 Å². The van der Waals surface area contributed by atoms with Gasteiger partial charge in [0.2, 0.25) is 7.09 Å². The minimum atomic E-state index is -2.59. The molecule has 6 saturated heterocycles. The molecule has 3 N–H and O–H groups in total. The molecule has 0 aromatic heterocycles. The maximum atomic E-state index is 14.1. The van der Waals surface area contributed by atoms with Crippen LogP contribution in [-0.2, 0) is 115 Å². The van der Waals surface area contributed by atoms with E-state index in [2.05, 4.69) is 14.2 Å². The lowest BCUT2D eigenvalue weighted by Crippen LogP contribution is -2.43. The van der Waals surface area contributed by atoms with E-state index in [1.165, 1.54) is 20.1 Å². The smallest absolute Gasteiger partial charge is 0.360 e. The van der Waals surface area contributed by atoms with Gasteiger partial charge in [0.25, 0.3) is 21.4 Å². The number of carbonyl (C=O) groups excluding carboxylic acids is 7. The van der Waals surface area contributed by atoms with E-state index in [9.17, 15) is 56.0 Å². The van der Waals surface area contributed by atoms with Crippen LogP contribution in [0.15, 0.2) is 0 Å². The van der Waals surface area contributed by atoms with Crippen LogP contribution >= 0.6 is 83.1 Å². The average Bonchev–Trinajstić information content (AvgIpc) is 1.63. The molecule has 38 heteroatoms. The van der Waals surface area contributed by atoms with Crippen LogP contribution in [0.1, 0.15) is 154 Å². The third-order valence-electron chi connectivity index (χ3n) is 12.4. The molecule has 583 valence electrons. The molecule has 0 bridgehead atoms. The number of carbonyl (C=O) groups is 8. The molecule has 0 aromatic rings. The lowest BCUT2D eigenvalue weighted by Gasteiger charge is -2.27. The number of aliphatic hydroxyl groups is 2. The quantitative estimate of drug-likeness (QED) is 0.0378. The number of aliphatic carboxylic acids is 1. The van der Waals surface area contributed by atoms with Crippen LogP contribution in [0.4, 0.5) is 13.2 Å². The Balaban J connectivity index is -0.000000199. The van der Waals surface area contributed by atoms with E-state index < -0.39 is 157 Å². The van der Waals surface area contributed by atoms with Crippen molar-refractivity contribution in [3.05, 3.63) is 0 Å². The first-order valence-electron chi connectivity index (χ1n) is 30.3. The van der Waals surface area contributed by atoms with E-state index in [4.69, 9.17) is 139 Å². The summed E-state index contributed by atoms with van der Waals surface area (Å²) < 4.78 is 134. The second-order valence-electron chi connectivity index (χ2n) is 22.0. The lowest BCUT2D eigenvalue weighted by molar-refractivity contribution is -0.164. The SMILES string of the molecule is C.C.C.CC(=O)O.CC1(C)OC[C@H](C=O)O1.CCOC(=O)C(Cl)C(O)[C@H]1COC(C)(C)O1.CCOC(=O)CCl.CCOC(=O)[C@@](F)(Cl)[C@H](C)[C@H]1COC(C)(C)O1.CC[C@H]1OC(=O)C(F)(Cl)[C@H]1C.C[C@H]1[C@@H](CO)OC(=O)C1(F)Cl.S.[2H][B]S(C)=O.[3H][C@@H](C(Cl)C(=O)OCC)[C@H]1COC(C)(C)O1. The van der Waals surface area contributed by atoms with E-state index in [0.717, 1.165) is 20.3 Å². The zero-order chi connectivity index (χ0) is 75.7. The highest BCUT2D eigenvalue weighted by atomic mass is 35.5. The molecular formula is C60H109BCl6F3O26S2. The number of hydrogen-bond donors (Lipinski definition) is 3. The Kier molecular flexibility index (Phi) is 55.1. The Morgan fingerprint density at radius 1 is 0.745 bits per heavy atom. The Morgan fingerprint density at radius 3 is 1.39 bits per heavy atom. The number of ether oxygens (including phenoxy) is 14. The van der Waals surface area contributed by atoms with E-state index in [1.54, 1.807) is 90.0 Å². The average molecular weight is 1590 g/mol. The Bertz CT molecular complexity index is 2310. The lowest BCUT2D eigenvalue weighted by atomic mass is 9.99. The van der Waals surface area contributed by atoms with Crippen molar-refractivity contribution in [2.45, 2.75) is 245 Å². The Hall–Kier alpha value is -2.35. The van der Waals surface area contributed by atoms with Gasteiger partial charge in [-0.05, 0) is 101 Å². The van der Waals surface area contributed by atoms with Crippen molar-refractivity contribution in [3.8, 4) is 0 Å². The second-order valence-corrected chi connectivity index (χ2v) is 25.8. The van der Waals surface area contributed by atoms with Gasteiger partial charge in [-0.1, -0.05) is 84.8 Å². The molecule has 6 aliphatic rings. The van der Waals surface area contributed by atoms with Crippen molar-refractivity contribution < 1.29 is 139 Å². The minimum Gasteiger partial charge on any atom is -0.481 e. The fourth-order valence-electron chi connectivity index (χ4n) is 7.43. The molecule has 6 rings (SSSR count). The number of alkyl halides is 9. The van der Waals surface area contributed by atoms with Crippen molar-refractivity contribution in [2.24, 2.45) is 17.8 Å². The fourth-order valence-corrected chi connectivity index (χ4v) is 8.52. The van der Waals surface area contributed by atoms with Gasteiger partial charge < -0.3 is 86.4 Å². The highest BCUT2D eigenvalue weighted by Gasteiger charge is 2.56. The predicted octanol–water partition coefficient (Wildman–Crippen LogP) is 9.33. The maximum absolute atomic E-state index is 14.1. The molecule has 26 nitrogen and oxygen atoms in total. The summed E-state index contributed by atoms with van der Waals surface area (Å²) in [6, 6.07) is 0. The number of cyclic esters (lactones) is 2. The van der Waals surface area contributed by atoms with E-state index in [1.807, 2.05) is 6.92 Å². The third kappa shape index (κ3) is 42.4. The Labute approximate surface area is 619 Å². The third-order valence-corrected chi connectivity index (χ3v) is 14.8. The summed E-state index contributed by atoms with van der Waals surface area (Å²) in [6.07, 6.45) is -2.44. The molecule has 98 heavy (non-hydrogen) atoms. The fraction of sp³-hybridized carbons (Fsp3) is 0.867. The summed E-state index contributed by atoms with van der Waals surface area (Å²) >= 11 is 32.8. The molecule has 17 atom stereocenters. The molecule has 0 amide bonds. The number of carboxylic acids is 1. The first-order chi connectivity index (χ1) is 43.9. The van der Waals surface area contributed by atoms with Crippen LogP contribution in [-0.4, -0.2) is 240 Å². The number of aliphatic hydroxyl groups excluding tert-OH is 2. The van der Waals surface area contributed by atoms with E-state index in [-0.39, 0.29) is 99.5 Å².